The number of aromatic nitrogens is 3. The van der Waals surface area contributed by atoms with Crippen LogP contribution in [0.3, 0.4) is 0 Å². The minimum Gasteiger partial charge on any atom is -0.455 e. The number of fused-ring (bicyclic) bond motifs is 1. The Bertz CT molecular complexity index is 1130. The monoisotopic (exact) mass is 376 g/mol. The summed E-state index contributed by atoms with van der Waals surface area (Å²) in [7, 11) is -0.162. The fraction of sp³-hybridized carbons (Fsp3) is 0.294. The zero-order valence-electron chi connectivity index (χ0n) is 14.9. The molecular formula is C17H20N4O4S. The molecule has 0 aliphatic rings. The molecule has 0 saturated heterocycles. The molecule has 0 spiro atoms. The summed E-state index contributed by atoms with van der Waals surface area (Å²) in [6, 6.07) is 8.30. The van der Waals surface area contributed by atoms with E-state index in [1.165, 1.54) is 9.13 Å². The molecule has 0 unspecified atom stereocenters. The molecule has 2 heterocycles. The Morgan fingerprint density at radius 2 is 1.88 bits per heavy atom. The highest BCUT2D eigenvalue weighted by molar-refractivity contribution is 7.93. The third-order valence-electron chi connectivity index (χ3n) is 4.04. The average molecular weight is 376 g/mol. The van der Waals surface area contributed by atoms with E-state index in [0.29, 0.717) is 28.4 Å². The smallest absolute Gasteiger partial charge is 0.329 e. The molecule has 0 aliphatic heterocycles. The molecule has 0 fully saturated rings. The molecule has 0 atom stereocenters. The second kappa shape index (κ2) is 6.49. The number of pyridine rings is 1. The maximum Gasteiger partial charge on any atom is 0.329 e. The zero-order chi connectivity index (χ0) is 19.1. The highest BCUT2D eigenvalue weighted by Gasteiger charge is 2.17. The summed E-state index contributed by atoms with van der Waals surface area (Å²) < 4.78 is 35.4. The van der Waals surface area contributed by atoms with E-state index < -0.39 is 15.3 Å². The maximum atomic E-state index is 12.1. The molecule has 8 nitrogen and oxygen atoms in total. The number of imidazole rings is 1. The second-order valence-corrected chi connectivity index (χ2v) is 8.44. The van der Waals surface area contributed by atoms with E-state index in [9.17, 15) is 13.2 Å². The van der Waals surface area contributed by atoms with E-state index >= 15 is 0 Å². The van der Waals surface area contributed by atoms with Crippen molar-refractivity contribution in [3.05, 3.63) is 47.0 Å². The lowest BCUT2D eigenvalue weighted by Gasteiger charge is -2.12. The highest BCUT2D eigenvalue weighted by Crippen LogP contribution is 2.29. The number of nitrogens with zero attached hydrogens (tertiary/aromatic N) is 3. The van der Waals surface area contributed by atoms with Crippen LogP contribution in [0.15, 0.2) is 41.3 Å². The van der Waals surface area contributed by atoms with Gasteiger partial charge >= 0.3 is 5.69 Å². The summed E-state index contributed by atoms with van der Waals surface area (Å²) in [5.41, 5.74) is 1.27. The zero-order valence-corrected chi connectivity index (χ0v) is 15.7. The number of hydrogen-bond donors (Lipinski definition) is 1. The van der Waals surface area contributed by atoms with Gasteiger partial charge in [0.25, 0.3) is 0 Å². The average Bonchev–Trinajstić information content (AvgIpc) is 2.80. The summed E-state index contributed by atoms with van der Waals surface area (Å²) in [4.78, 5) is 16.3. The van der Waals surface area contributed by atoms with Crippen molar-refractivity contribution < 1.29 is 13.2 Å². The lowest BCUT2D eigenvalue weighted by atomic mass is 10.3. The van der Waals surface area contributed by atoms with Gasteiger partial charge in [-0.25, -0.2) is 18.2 Å². The summed E-state index contributed by atoms with van der Waals surface area (Å²) in [5, 5.41) is -0.550. The fourth-order valence-electron chi connectivity index (χ4n) is 2.51. The molecular weight excluding hydrogens is 356 g/mol. The van der Waals surface area contributed by atoms with E-state index in [4.69, 9.17) is 4.74 Å². The van der Waals surface area contributed by atoms with Crippen LogP contribution < -0.4 is 15.1 Å². The van der Waals surface area contributed by atoms with Crippen molar-refractivity contribution in [2.45, 2.75) is 19.1 Å². The van der Waals surface area contributed by atoms with Crippen LogP contribution in [0.2, 0.25) is 0 Å². The Labute approximate surface area is 151 Å². The number of ether oxygens (including phenoxy) is 1. The maximum absolute atomic E-state index is 12.1. The minimum absolute atomic E-state index is 0.206. The number of anilines is 1. The molecule has 0 radical (unpaired) electrons. The Morgan fingerprint density at radius 1 is 1.15 bits per heavy atom. The molecule has 0 saturated carbocycles. The Balaban J connectivity index is 1.98. The molecule has 0 aliphatic carbocycles. The number of benzene rings is 1. The van der Waals surface area contributed by atoms with Gasteiger partial charge in [-0.2, -0.15) is 0 Å². The standard InChI is InChI=1S/C17H20N4O4S/c1-11(2)26(23,24)19-12-6-5-7-13(10-12)25-14-8-9-18-16-15(14)20(3)17(22)21(16)4/h5-11,19H,1-4H3. The van der Waals surface area contributed by atoms with Gasteiger partial charge < -0.3 is 4.74 Å². The van der Waals surface area contributed by atoms with Gasteiger partial charge in [0.05, 0.1) is 10.9 Å². The van der Waals surface area contributed by atoms with Crippen molar-refractivity contribution in [3.8, 4) is 11.5 Å². The molecule has 26 heavy (non-hydrogen) atoms. The third kappa shape index (κ3) is 3.17. The van der Waals surface area contributed by atoms with Gasteiger partial charge in [0.2, 0.25) is 10.0 Å². The lowest BCUT2D eigenvalue weighted by molar-refractivity contribution is 0.485. The van der Waals surface area contributed by atoms with Gasteiger partial charge in [0.1, 0.15) is 11.3 Å². The molecule has 0 bridgehead atoms. The van der Waals surface area contributed by atoms with Crippen molar-refractivity contribution in [1.82, 2.24) is 14.1 Å². The van der Waals surface area contributed by atoms with Gasteiger partial charge in [-0.05, 0) is 26.0 Å². The summed E-state index contributed by atoms with van der Waals surface area (Å²) in [6.07, 6.45) is 1.56. The normalized spacial score (nSPS) is 11.9. The van der Waals surface area contributed by atoms with Gasteiger partial charge in [-0.3, -0.25) is 13.9 Å². The van der Waals surface area contributed by atoms with Gasteiger partial charge in [0, 0.05) is 32.4 Å². The molecule has 3 aromatic rings. The lowest BCUT2D eigenvalue weighted by Crippen LogP contribution is -2.22. The molecule has 9 heteroatoms. The predicted octanol–water partition coefficient (Wildman–Crippen LogP) is 2.21. The minimum atomic E-state index is -3.45. The predicted molar refractivity (Wildman–Crippen MR) is 100 cm³/mol. The number of hydrogen-bond acceptors (Lipinski definition) is 5. The van der Waals surface area contributed by atoms with E-state index in [0.717, 1.165) is 0 Å². The van der Waals surface area contributed by atoms with Gasteiger partial charge in [-0.15, -0.1) is 0 Å². The molecule has 1 N–H and O–H groups in total. The van der Waals surface area contributed by atoms with Crippen LogP contribution in [0.5, 0.6) is 11.5 Å². The third-order valence-corrected chi connectivity index (χ3v) is 5.80. The summed E-state index contributed by atoms with van der Waals surface area (Å²) in [5.74, 6) is 0.900. The largest absolute Gasteiger partial charge is 0.455 e. The van der Waals surface area contributed by atoms with Crippen molar-refractivity contribution in [2.24, 2.45) is 14.1 Å². The van der Waals surface area contributed by atoms with Crippen LogP contribution in [0.25, 0.3) is 11.2 Å². The first kappa shape index (κ1) is 18.0. The van der Waals surface area contributed by atoms with Crippen molar-refractivity contribution >= 4 is 26.9 Å². The summed E-state index contributed by atoms with van der Waals surface area (Å²) >= 11 is 0. The number of rotatable bonds is 5. The highest BCUT2D eigenvalue weighted by atomic mass is 32.2. The van der Waals surface area contributed by atoms with Crippen LogP contribution in [-0.2, 0) is 24.1 Å². The fourth-order valence-corrected chi connectivity index (χ4v) is 3.20. The molecule has 2 aromatic heterocycles. The van der Waals surface area contributed by atoms with E-state index in [1.54, 1.807) is 64.5 Å². The second-order valence-electron chi connectivity index (χ2n) is 6.21. The van der Waals surface area contributed by atoms with Crippen molar-refractivity contribution in [3.63, 3.8) is 0 Å². The number of sulfonamides is 1. The first-order chi connectivity index (χ1) is 12.2. The molecule has 138 valence electrons. The number of aryl methyl sites for hydroxylation is 2. The van der Waals surface area contributed by atoms with Crippen molar-refractivity contribution in [2.75, 3.05) is 4.72 Å². The van der Waals surface area contributed by atoms with Gasteiger partial charge in [0.15, 0.2) is 11.4 Å². The van der Waals surface area contributed by atoms with E-state index in [-0.39, 0.29) is 5.69 Å². The Morgan fingerprint density at radius 3 is 2.58 bits per heavy atom. The van der Waals surface area contributed by atoms with Crippen LogP contribution >= 0.6 is 0 Å². The SMILES string of the molecule is CC(C)S(=O)(=O)Nc1cccc(Oc2ccnc3c2n(C)c(=O)n3C)c1. The van der Waals surface area contributed by atoms with Crippen LogP contribution in [0.4, 0.5) is 5.69 Å². The number of nitrogens with one attached hydrogen (secondary N) is 1. The first-order valence-corrected chi connectivity index (χ1v) is 9.55. The molecule has 1 aromatic carbocycles. The van der Waals surface area contributed by atoms with Crippen LogP contribution in [0.1, 0.15) is 13.8 Å². The van der Waals surface area contributed by atoms with Crippen molar-refractivity contribution in [1.29, 1.82) is 0 Å². The molecule has 3 rings (SSSR count). The van der Waals surface area contributed by atoms with Crippen LogP contribution in [-0.4, -0.2) is 27.8 Å². The molecule has 0 amide bonds. The summed E-state index contributed by atoms with van der Waals surface area (Å²) in [6.45, 7) is 3.21. The first-order valence-electron chi connectivity index (χ1n) is 8.00. The van der Waals surface area contributed by atoms with E-state index in [2.05, 4.69) is 9.71 Å². The Kier molecular flexibility index (Phi) is 4.49. The Hall–Kier alpha value is -2.81. The quantitative estimate of drug-likeness (QED) is 0.737. The van der Waals surface area contributed by atoms with E-state index in [1.807, 2.05) is 0 Å². The van der Waals surface area contributed by atoms with Gasteiger partial charge in [-0.1, -0.05) is 6.07 Å². The van der Waals surface area contributed by atoms with Crippen LogP contribution in [0, 0.1) is 0 Å². The topological polar surface area (TPSA) is 95.2 Å².